The number of halogens is 5. The van der Waals surface area contributed by atoms with E-state index in [0.29, 0.717) is 5.56 Å². The maximum absolute atomic E-state index is 14.6. The molecule has 0 aromatic heterocycles. The Morgan fingerprint density at radius 3 is 2.38 bits per heavy atom. The van der Waals surface area contributed by atoms with Crippen LogP contribution >= 0.6 is 0 Å². The highest BCUT2D eigenvalue weighted by Crippen LogP contribution is 2.41. The van der Waals surface area contributed by atoms with Gasteiger partial charge in [0.1, 0.15) is 26.1 Å². The van der Waals surface area contributed by atoms with Crippen LogP contribution in [0.4, 0.5) is 22.0 Å². The van der Waals surface area contributed by atoms with Crippen LogP contribution in [0.15, 0.2) is 23.2 Å². The molecule has 0 spiro atoms. The van der Waals surface area contributed by atoms with Gasteiger partial charge < -0.3 is 10.5 Å². The van der Waals surface area contributed by atoms with Gasteiger partial charge in [-0.25, -0.2) is 13.8 Å². The van der Waals surface area contributed by atoms with Crippen molar-refractivity contribution in [3.05, 3.63) is 35.1 Å². The lowest BCUT2D eigenvalue weighted by molar-refractivity contribution is -0.209. The molecule has 2 unspecified atom stereocenters. The quantitative estimate of drug-likeness (QED) is 0.402. The van der Waals surface area contributed by atoms with Gasteiger partial charge in [-0.2, -0.15) is 13.2 Å². The van der Waals surface area contributed by atoms with Gasteiger partial charge in [0.05, 0.1) is 0 Å². The monoisotopic (exact) mass is 432 g/mol. The van der Waals surface area contributed by atoms with Gasteiger partial charge in [0.2, 0.25) is 0 Å². The summed E-state index contributed by atoms with van der Waals surface area (Å²) in [4.78, 5) is 3.74. The molecule has 0 radical (unpaired) electrons. The van der Waals surface area contributed by atoms with Crippen molar-refractivity contribution in [1.82, 2.24) is 0 Å². The van der Waals surface area contributed by atoms with Gasteiger partial charge in [0.15, 0.2) is 6.10 Å². The predicted molar refractivity (Wildman–Crippen MR) is 105 cm³/mol. The number of aliphatic imine (C=N–C) groups is 1. The standard InChI is InChI=1S/C20H25F5N2OSi/c1-4-29(5-2,6-3)10-9-14-7-8-16(22)15(11-14)19(13-21)12-17(20(23,24)25)28-18(26)27-19/h7-8,11,17H,4-6,12-13H2,1-3H3,(H2,26,27). The molecule has 1 aromatic rings. The van der Waals surface area contributed by atoms with Crippen LogP contribution < -0.4 is 5.73 Å². The Morgan fingerprint density at radius 1 is 1.24 bits per heavy atom. The molecule has 2 atom stereocenters. The Balaban J connectivity index is 2.54. The molecule has 0 saturated carbocycles. The van der Waals surface area contributed by atoms with Gasteiger partial charge in [-0.15, -0.1) is 5.54 Å². The summed E-state index contributed by atoms with van der Waals surface area (Å²) in [5.74, 6) is 2.17. The van der Waals surface area contributed by atoms with E-state index in [4.69, 9.17) is 5.73 Å². The Labute approximate surface area is 168 Å². The topological polar surface area (TPSA) is 47.6 Å². The molecular weight excluding hydrogens is 407 g/mol. The lowest BCUT2D eigenvalue weighted by Crippen LogP contribution is -2.48. The minimum absolute atomic E-state index is 0.302. The minimum Gasteiger partial charge on any atom is -0.452 e. The fourth-order valence-electron chi connectivity index (χ4n) is 3.47. The first-order chi connectivity index (χ1) is 13.5. The lowest BCUT2D eigenvalue weighted by atomic mass is 9.84. The lowest BCUT2D eigenvalue weighted by Gasteiger charge is -2.36. The second-order valence-electron chi connectivity index (χ2n) is 7.25. The highest BCUT2D eigenvalue weighted by molar-refractivity contribution is 6.87. The molecule has 1 heterocycles. The van der Waals surface area contributed by atoms with Gasteiger partial charge in [0, 0.05) is 17.5 Å². The average Bonchev–Trinajstić information content (AvgIpc) is 2.69. The van der Waals surface area contributed by atoms with E-state index in [-0.39, 0.29) is 5.56 Å². The molecule has 2 rings (SSSR count). The van der Waals surface area contributed by atoms with Crippen molar-refractivity contribution in [3.63, 3.8) is 0 Å². The van der Waals surface area contributed by atoms with Crippen LogP contribution in [0.25, 0.3) is 0 Å². The molecule has 0 bridgehead atoms. The van der Waals surface area contributed by atoms with E-state index in [1.165, 1.54) is 12.1 Å². The summed E-state index contributed by atoms with van der Waals surface area (Å²) in [6.45, 7) is 4.89. The second kappa shape index (κ2) is 8.74. The van der Waals surface area contributed by atoms with Crippen molar-refractivity contribution in [1.29, 1.82) is 0 Å². The molecule has 0 amide bonds. The molecule has 1 aliphatic rings. The number of nitrogens with zero attached hydrogens (tertiary/aromatic N) is 1. The predicted octanol–water partition coefficient (Wildman–Crippen LogP) is 5.06. The van der Waals surface area contributed by atoms with E-state index in [9.17, 15) is 22.0 Å². The van der Waals surface area contributed by atoms with Gasteiger partial charge >= 0.3 is 6.18 Å². The number of amidine groups is 1. The van der Waals surface area contributed by atoms with Crippen LogP contribution in [0.1, 0.15) is 38.3 Å². The largest absolute Gasteiger partial charge is 0.452 e. The number of hydrogen-bond donors (Lipinski definition) is 1. The molecule has 9 heteroatoms. The van der Waals surface area contributed by atoms with Crippen molar-refractivity contribution in [2.45, 2.75) is 63.1 Å². The minimum atomic E-state index is -4.79. The summed E-state index contributed by atoms with van der Waals surface area (Å²) >= 11 is 0. The molecule has 0 aliphatic carbocycles. The van der Waals surface area contributed by atoms with Crippen LogP contribution in [-0.4, -0.2) is 33.1 Å². The van der Waals surface area contributed by atoms with Gasteiger partial charge in [-0.1, -0.05) is 26.7 Å². The third-order valence-electron chi connectivity index (χ3n) is 5.67. The zero-order chi connectivity index (χ0) is 21.9. The third-order valence-corrected chi connectivity index (χ3v) is 10.4. The van der Waals surface area contributed by atoms with Crippen LogP contribution in [0.3, 0.4) is 0 Å². The molecule has 3 nitrogen and oxygen atoms in total. The number of benzene rings is 1. The van der Waals surface area contributed by atoms with Crippen molar-refractivity contribution >= 4 is 14.1 Å². The van der Waals surface area contributed by atoms with Crippen molar-refractivity contribution in [2.75, 3.05) is 6.67 Å². The average molecular weight is 433 g/mol. The Kier molecular flexibility index (Phi) is 6.99. The van der Waals surface area contributed by atoms with E-state index >= 15 is 0 Å². The number of hydrogen-bond acceptors (Lipinski definition) is 3. The first-order valence-corrected chi connectivity index (χ1v) is 12.1. The van der Waals surface area contributed by atoms with Crippen LogP contribution in [0.2, 0.25) is 18.1 Å². The summed E-state index contributed by atoms with van der Waals surface area (Å²) in [6, 6.07) is 5.85. The maximum atomic E-state index is 14.6. The van der Waals surface area contributed by atoms with Crippen molar-refractivity contribution in [3.8, 4) is 11.5 Å². The van der Waals surface area contributed by atoms with E-state index in [1.807, 2.05) is 0 Å². The normalized spacial score (nSPS) is 22.3. The summed E-state index contributed by atoms with van der Waals surface area (Å²) in [7, 11) is -1.79. The Hall–Kier alpha value is -2.08. The zero-order valence-corrected chi connectivity index (χ0v) is 17.7. The van der Waals surface area contributed by atoms with Gasteiger partial charge in [-0.05, 0) is 36.3 Å². The number of nitrogens with two attached hydrogens (primary N) is 1. The number of rotatable bonds is 5. The molecule has 0 fully saturated rings. The smallest absolute Gasteiger partial charge is 0.425 e. The van der Waals surface area contributed by atoms with Crippen molar-refractivity contribution in [2.24, 2.45) is 10.7 Å². The highest BCUT2D eigenvalue weighted by Gasteiger charge is 2.52. The van der Waals surface area contributed by atoms with E-state index in [0.717, 1.165) is 24.2 Å². The summed E-state index contributed by atoms with van der Waals surface area (Å²) in [5, 5.41) is 0. The van der Waals surface area contributed by atoms with E-state index in [2.05, 4.69) is 42.0 Å². The number of alkyl halides is 4. The Morgan fingerprint density at radius 2 is 1.86 bits per heavy atom. The third kappa shape index (κ3) is 4.92. The highest BCUT2D eigenvalue weighted by atomic mass is 28.3. The van der Waals surface area contributed by atoms with E-state index in [1.54, 1.807) is 0 Å². The molecule has 29 heavy (non-hydrogen) atoms. The molecule has 0 saturated heterocycles. The second-order valence-corrected chi connectivity index (χ2v) is 12.2. The summed E-state index contributed by atoms with van der Waals surface area (Å²) in [5.41, 5.74) is 6.71. The molecule has 1 aliphatic heterocycles. The summed E-state index contributed by atoms with van der Waals surface area (Å²) < 4.78 is 72.7. The molecule has 160 valence electrons. The van der Waals surface area contributed by atoms with Crippen molar-refractivity contribution < 1.29 is 26.7 Å². The molecular formula is C20H25F5N2OSi. The Bertz CT molecular complexity index is 818. The first kappa shape index (κ1) is 23.2. The fraction of sp³-hybridized carbons (Fsp3) is 0.550. The first-order valence-electron chi connectivity index (χ1n) is 9.52. The van der Waals surface area contributed by atoms with E-state index < -0.39 is 50.8 Å². The summed E-state index contributed by atoms with van der Waals surface area (Å²) in [6.07, 6.45) is -8.06. The SMILES string of the molecule is CC[Si](C#Cc1ccc(F)c(C2(CF)CC(C(F)(F)F)OC(N)=N2)c1)(CC)CC. The maximum Gasteiger partial charge on any atom is 0.425 e. The van der Waals surface area contributed by atoms with Crippen LogP contribution in [-0.2, 0) is 10.3 Å². The van der Waals surface area contributed by atoms with Crippen LogP contribution in [0, 0.1) is 17.3 Å². The zero-order valence-electron chi connectivity index (χ0n) is 16.7. The van der Waals surface area contributed by atoms with Crippen LogP contribution in [0.5, 0.6) is 0 Å². The fourth-order valence-corrected chi connectivity index (χ4v) is 5.91. The number of ether oxygens (including phenoxy) is 1. The molecule has 2 N–H and O–H groups in total. The van der Waals surface area contributed by atoms with Gasteiger partial charge in [0.25, 0.3) is 6.02 Å². The molecule has 1 aromatic carbocycles. The van der Waals surface area contributed by atoms with Gasteiger partial charge in [-0.3, -0.25) is 0 Å².